The Hall–Kier alpha value is -1.93. The lowest BCUT2D eigenvalue weighted by Crippen LogP contribution is -1.95. The van der Waals surface area contributed by atoms with E-state index in [-0.39, 0.29) is 12.4 Å². The average molecular weight is 285 g/mol. The predicted octanol–water partition coefficient (Wildman–Crippen LogP) is 4.67. The topological polar surface area (TPSA) is 25.8 Å². The molecular weight excluding hydrogens is 268 g/mol. The van der Waals surface area contributed by atoms with Gasteiger partial charge in [0.15, 0.2) is 0 Å². The van der Waals surface area contributed by atoms with Crippen LogP contribution < -0.4 is 0 Å². The van der Waals surface area contributed by atoms with Crippen molar-refractivity contribution in [3.05, 3.63) is 60.4 Å². The molecule has 0 saturated carbocycles. The Labute approximate surface area is 125 Å². The zero-order valence-electron chi connectivity index (χ0n) is 11.4. The highest BCUT2D eigenvalue weighted by Gasteiger charge is 2.07. The lowest BCUT2D eigenvalue weighted by atomic mass is 10.0. The van der Waals surface area contributed by atoms with Gasteiger partial charge in [-0.3, -0.25) is 9.97 Å². The van der Waals surface area contributed by atoms with E-state index in [0.717, 1.165) is 24.2 Å². The normalized spacial score (nSPS) is 10.2. The van der Waals surface area contributed by atoms with Gasteiger partial charge in [-0.1, -0.05) is 43.7 Å². The van der Waals surface area contributed by atoms with Gasteiger partial charge in [-0.25, -0.2) is 0 Å². The monoisotopic (exact) mass is 284 g/mol. The van der Waals surface area contributed by atoms with Gasteiger partial charge in [-0.05, 0) is 30.0 Å². The van der Waals surface area contributed by atoms with E-state index in [2.05, 4.69) is 42.2 Å². The van der Waals surface area contributed by atoms with Crippen LogP contribution in [-0.4, -0.2) is 9.97 Å². The van der Waals surface area contributed by atoms with Crippen LogP contribution in [0.1, 0.15) is 19.0 Å². The largest absolute Gasteiger partial charge is 0.255 e. The number of aryl methyl sites for hydroxylation is 1. The standard InChI is InChI=1S/C17H16N2.ClH/c1-2-7-15-14-9-4-3-8-13(14)12-17(19-15)16-10-5-6-11-18-16;/h3-6,8-12H,2,7H2,1H3;1H. The van der Waals surface area contributed by atoms with Crippen molar-refractivity contribution in [1.82, 2.24) is 9.97 Å². The summed E-state index contributed by atoms with van der Waals surface area (Å²) in [5.74, 6) is 0. The third-order valence-corrected chi connectivity index (χ3v) is 3.23. The van der Waals surface area contributed by atoms with Crippen LogP contribution in [0.3, 0.4) is 0 Å². The molecule has 3 heteroatoms. The molecule has 3 aromatic rings. The number of fused-ring (bicyclic) bond motifs is 1. The molecule has 2 aromatic heterocycles. The Morgan fingerprint density at radius 3 is 2.50 bits per heavy atom. The van der Waals surface area contributed by atoms with E-state index in [0.29, 0.717) is 0 Å². The number of aromatic nitrogens is 2. The van der Waals surface area contributed by atoms with Gasteiger partial charge in [0.1, 0.15) is 0 Å². The number of hydrogen-bond donors (Lipinski definition) is 0. The fraction of sp³-hybridized carbons (Fsp3) is 0.176. The van der Waals surface area contributed by atoms with Crippen LogP contribution in [0.5, 0.6) is 0 Å². The molecule has 3 rings (SSSR count). The second-order valence-corrected chi connectivity index (χ2v) is 4.64. The van der Waals surface area contributed by atoms with Crippen molar-refractivity contribution in [3.8, 4) is 11.4 Å². The molecular formula is C17H17ClN2. The van der Waals surface area contributed by atoms with E-state index in [4.69, 9.17) is 4.98 Å². The van der Waals surface area contributed by atoms with Gasteiger partial charge in [-0.15, -0.1) is 12.4 Å². The van der Waals surface area contributed by atoms with Crippen LogP contribution >= 0.6 is 12.4 Å². The maximum Gasteiger partial charge on any atom is 0.0895 e. The molecule has 0 aliphatic rings. The van der Waals surface area contributed by atoms with Crippen LogP contribution in [0.4, 0.5) is 0 Å². The molecule has 0 saturated heterocycles. The third kappa shape index (κ3) is 2.81. The SMILES string of the molecule is CCCc1nc(-c2ccccn2)cc2ccccc12.Cl. The first kappa shape index (κ1) is 14.5. The summed E-state index contributed by atoms with van der Waals surface area (Å²) in [6.45, 7) is 2.18. The van der Waals surface area contributed by atoms with Gasteiger partial charge in [0, 0.05) is 17.3 Å². The molecule has 0 unspecified atom stereocenters. The quantitative estimate of drug-likeness (QED) is 0.698. The van der Waals surface area contributed by atoms with Crippen molar-refractivity contribution in [3.63, 3.8) is 0 Å². The van der Waals surface area contributed by atoms with Crippen LogP contribution in [0, 0.1) is 0 Å². The van der Waals surface area contributed by atoms with Crippen LogP contribution in [0.2, 0.25) is 0 Å². The molecule has 20 heavy (non-hydrogen) atoms. The molecule has 0 atom stereocenters. The Balaban J connectivity index is 0.00000147. The van der Waals surface area contributed by atoms with E-state index in [9.17, 15) is 0 Å². The molecule has 0 radical (unpaired) electrons. The minimum absolute atomic E-state index is 0. The van der Waals surface area contributed by atoms with Crippen LogP contribution in [-0.2, 0) is 6.42 Å². The van der Waals surface area contributed by atoms with Crippen molar-refractivity contribution in [2.45, 2.75) is 19.8 Å². The number of rotatable bonds is 3. The maximum atomic E-state index is 4.80. The zero-order valence-corrected chi connectivity index (χ0v) is 12.2. The van der Waals surface area contributed by atoms with Gasteiger partial charge in [0.25, 0.3) is 0 Å². The average Bonchev–Trinajstić information content (AvgIpc) is 2.48. The van der Waals surface area contributed by atoms with Crippen molar-refractivity contribution >= 4 is 23.2 Å². The lowest BCUT2D eigenvalue weighted by molar-refractivity contribution is 0.894. The molecule has 0 N–H and O–H groups in total. The molecule has 102 valence electrons. The maximum absolute atomic E-state index is 4.80. The minimum Gasteiger partial charge on any atom is -0.255 e. The van der Waals surface area contributed by atoms with E-state index in [1.807, 2.05) is 24.4 Å². The van der Waals surface area contributed by atoms with E-state index in [1.54, 1.807) is 0 Å². The predicted molar refractivity (Wildman–Crippen MR) is 86.2 cm³/mol. The number of benzene rings is 1. The molecule has 1 aromatic carbocycles. The van der Waals surface area contributed by atoms with E-state index in [1.165, 1.54) is 16.5 Å². The van der Waals surface area contributed by atoms with Gasteiger partial charge in [-0.2, -0.15) is 0 Å². The summed E-state index contributed by atoms with van der Waals surface area (Å²) < 4.78 is 0. The fourth-order valence-electron chi connectivity index (χ4n) is 2.34. The number of pyridine rings is 2. The number of hydrogen-bond acceptors (Lipinski definition) is 2. The second-order valence-electron chi connectivity index (χ2n) is 4.64. The summed E-state index contributed by atoms with van der Waals surface area (Å²) in [6, 6.07) is 16.5. The minimum atomic E-state index is 0. The van der Waals surface area contributed by atoms with Gasteiger partial charge in [0.2, 0.25) is 0 Å². The van der Waals surface area contributed by atoms with Crippen LogP contribution in [0.15, 0.2) is 54.7 Å². The molecule has 0 spiro atoms. The highest BCUT2D eigenvalue weighted by Crippen LogP contribution is 2.24. The second kappa shape index (κ2) is 6.49. The van der Waals surface area contributed by atoms with Gasteiger partial charge < -0.3 is 0 Å². The molecule has 0 fully saturated rings. The fourth-order valence-corrected chi connectivity index (χ4v) is 2.34. The summed E-state index contributed by atoms with van der Waals surface area (Å²) >= 11 is 0. The van der Waals surface area contributed by atoms with E-state index >= 15 is 0 Å². The van der Waals surface area contributed by atoms with Crippen molar-refractivity contribution in [1.29, 1.82) is 0 Å². The molecule has 0 bridgehead atoms. The first-order valence-corrected chi connectivity index (χ1v) is 6.68. The summed E-state index contributed by atoms with van der Waals surface area (Å²) in [5, 5.41) is 2.49. The summed E-state index contributed by atoms with van der Waals surface area (Å²) in [6.07, 6.45) is 3.91. The Morgan fingerprint density at radius 1 is 0.950 bits per heavy atom. The first-order chi connectivity index (χ1) is 9.38. The lowest BCUT2D eigenvalue weighted by Gasteiger charge is -2.08. The molecule has 0 amide bonds. The van der Waals surface area contributed by atoms with Crippen molar-refractivity contribution < 1.29 is 0 Å². The highest BCUT2D eigenvalue weighted by atomic mass is 35.5. The van der Waals surface area contributed by atoms with Gasteiger partial charge >= 0.3 is 0 Å². The zero-order chi connectivity index (χ0) is 13.1. The third-order valence-electron chi connectivity index (χ3n) is 3.23. The Morgan fingerprint density at radius 2 is 1.75 bits per heavy atom. The van der Waals surface area contributed by atoms with Gasteiger partial charge in [0.05, 0.1) is 11.4 Å². The summed E-state index contributed by atoms with van der Waals surface area (Å²) in [5.41, 5.74) is 3.06. The van der Waals surface area contributed by atoms with Crippen molar-refractivity contribution in [2.75, 3.05) is 0 Å². The van der Waals surface area contributed by atoms with Crippen LogP contribution in [0.25, 0.3) is 22.2 Å². The molecule has 2 heterocycles. The molecule has 2 nitrogen and oxygen atoms in total. The number of halogens is 1. The summed E-state index contributed by atoms with van der Waals surface area (Å²) in [4.78, 5) is 9.19. The summed E-state index contributed by atoms with van der Waals surface area (Å²) in [7, 11) is 0. The highest BCUT2D eigenvalue weighted by molar-refractivity contribution is 5.87. The van der Waals surface area contributed by atoms with E-state index < -0.39 is 0 Å². The van der Waals surface area contributed by atoms with Crippen molar-refractivity contribution in [2.24, 2.45) is 0 Å². The molecule has 0 aliphatic carbocycles. The Kier molecular flexibility index (Phi) is 4.70. The Bertz CT molecular complexity index is 696. The molecule has 0 aliphatic heterocycles. The smallest absolute Gasteiger partial charge is 0.0895 e. The number of nitrogens with zero attached hydrogens (tertiary/aromatic N) is 2. The first-order valence-electron chi connectivity index (χ1n) is 6.68.